The molecule has 0 radical (unpaired) electrons. The van der Waals surface area contributed by atoms with Crippen LogP contribution in [0.3, 0.4) is 0 Å². The summed E-state index contributed by atoms with van der Waals surface area (Å²) >= 11 is 0. The van der Waals surface area contributed by atoms with E-state index >= 15 is 0 Å². The Morgan fingerprint density at radius 2 is 1.55 bits per heavy atom. The van der Waals surface area contributed by atoms with Gasteiger partial charge in [-0.15, -0.1) is 0 Å². The number of ether oxygens (including phenoxy) is 3. The summed E-state index contributed by atoms with van der Waals surface area (Å²) in [6.07, 6.45) is 1.40. The van der Waals surface area contributed by atoms with Crippen LogP contribution in [0, 0.1) is 5.82 Å². The van der Waals surface area contributed by atoms with Crippen molar-refractivity contribution in [1.82, 2.24) is 5.43 Å². The number of amides is 1. The van der Waals surface area contributed by atoms with Crippen molar-refractivity contribution >= 4 is 18.1 Å². The lowest BCUT2D eigenvalue weighted by atomic mass is 10.2. The Balaban J connectivity index is 1.66. The normalized spacial score (nSPS) is 10.5. The standard InChI is InChI=1S/C23H19FN2O5/c1-29-19-10-6-17(7-11-19)23(28)31-20-12-3-15(13-21(20)30-2)14-25-26-22(27)16-4-8-18(24)9-5-16/h3-14H,1-2H3,(H,26,27)/b25-14-. The van der Waals surface area contributed by atoms with E-state index in [0.29, 0.717) is 22.6 Å². The lowest BCUT2D eigenvalue weighted by Gasteiger charge is -2.10. The van der Waals surface area contributed by atoms with E-state index in [0.717, 1.165) is 0 Å². The van der Waals surface area contributed by atoms with E-state index in [4.69, 9.17) is 14.2 Å². The number of rotatable bonds is 7. The van der Waals surface area contributed by atoms with Crippen LogP contribution >= 0.6 is 0 Å². The predicted molar refractivity (Wildman–Crippen MR) is 112 cm³/mol. The maximum absolute atomic E-state index is 12.9. The fraction of sp³-hybridized carbons (Fsp3) is 0.0870. The second kappa shape index (κ2) is 10.0. The number of hydrogen-bond donors (Lipinski definition) is 1. The van der Waals surface area contributed by atoms with Gasteiger partial charge in [0, 0.05) is 5.56 Å². The Morgan fingerprint density at radius 3 is 2.19 bits per heavy atom. The molecule has 0 unspecified atom stereocenters. The van der Waals surface area contributed by atoms with Crippen LogP contribution in [0.15, 0.2) is 71.8 Å². The lowest BCUT2D eigenvalue weighted by Crippen LogP contribution is -2.17. The number of nitrogens with zero attached hydrogens (tertiary/aromatic N) is 1. The van der Waals surface area contributed by atoms with E-state index in [1.165, 1.54) is 44.7 Å². The fourth-order valence-electron chi connectivity index (χ4n) is 2.57. The molecule has 3 aromatic carbocycles. The second-order valence-electron chi connectivity index (χ2n) is 6.23. The molecule has 0 aromatic heterocycles. The summed E-state index contributed by atoms with van der Waals surface area (Å²) in [6, 6.07) is 16.4. The highest BCUT2D eigenvalue weighted by Crippen LogP contribution is 2.28. The number of benzene rings is 3. The molecular formula is C23H19FN2O5. The Hall–Kier alpha value is -4.20. The van der Waals surface area contributed by atoms with Crippen molar-refractivity contribution in [2.24, 2.45) is 5.10 Å². The summed E-state index contributed by atoms with van der Waals surface area (Å²) < 4.78 is 28.7. The monoisotopic (exact) mass is 422 g/mol. The fourth-order valence-corrected chi connectivity index (χ4v) is 2.57. The molecule has 3 rings (SSSR count). The molecule has 31 heavy (non-hydrogen) atoms. The molecule has 158 valence electrons. The minimum Gasteiger partial charge on any atom is -0.497 e. The zero-order valence-electron chi connectivity index (χ0n) is 16.8. The first-order valence-corrected chi connectivity index (χ1v) is 9.13. The van der Waals surface area contributed by atoms with Crippen molar-refractivity contribution in [2.45, 2.75) is 0 Å². The van der Waals surface area contributed by atoms with E-state index in [1.54, 1.807) is 42.5 Å². The average molecular weight is 422 g/mol. The van der Waals surface area contributed by atoms with E-state index < -0.39 is 17.7 Å². The van der Waals surface area contributed by atoms with E-state index in [2.05, 4.69) is 10.5 Å². The molecule has 0 fully saturated rings. The molecular weight excluding hydrogens is 403 g/mol. The molecule has 0 spiro atoms. The van der Waals surface area contributed by atoms with Crippen molar-refractivity contribution in [1.29, 1.82) is 0 Å². The van der Waals surface area contributed by atoms with Crippen LogP contribution in [0.5, 0.6) is 17.2 Å². The van der Waals surface area contributed by atoms with Crippen LogP contribution in [0.2, 0.25) is 0 Å². The van der Waals surface area contributed by atoms with Gasteiger partial charge in [0.05, 0.1) is 26.0 Å². The van der Waals surface area contributed by atoms with Crippen molar-refractivity contribution < 1.29 is 28.2 Å². The SMILES string of the molecule is COc1ccc(C(=O)Oc2ccc(/C=N\NC(=O)c3ccc(F)cc3)cc2OC)cc1. The maximum atomic E-state index is 12.9. The average Bonchev–Trinajstić information content (AvgIpc) is 2.80. The van der Waals surface area contributed by atoms with Gasteiger partial charge in [-0.25, -0.2) is 14.6 Å². The Kier molecular flexibility index (Phi) is 6.95. The number of carbonyl (C=O) groups excluding carboxylic acids is 2. The zero-order valence-corrected chi connectivity index (χ0v) is 16.8. The summed E-state index contributed by atoms with van der Waals surface area (Å²) in [4.78, 5) is 24.3. The molecule has 1 amide bonds. The zero-order chi connectivity index (χ0) is 22.2. The highest BCUT2D eigenvalue weighted by molar-refractivity contribution is 5.95. The summed E-state index contributed by atoms with van der Waals surface area (Å²) in [5.74, 6) is -0.280. The lowest BCUT2D eigenvalue weighted by molar-refractivity contribution is 0.0729. The van der Waals surface area contributed by atoms with Gasteiger partial charge in [-0.3, -0.25) is 4.79 Å². The number of hydrogen-bond acceptors (Lipinski definition) is 6. The Labute approximate surface area is 178 Å². The van der Waals surface area contributed by atoms with Crippen molar-refractivity contribution in [3.05, 3.63) is 89.2 Å². The smallest absolute Gasteiger partial charge is 0.343 e. The van der Waals surface area contributed by atoms with Crippen molar-refractivity contribution in [3.8, 4) is 17.2 Å². The first-order chi connectivity index (χ1) is 15.0. The first kappa shape index (κ1) is 21.5. The minimum atomic E-state index is -0.547. The topological polar surface area (TPSA) is 86.2 Å². The summed E-state index contributed by atoms with van der Waals surface area (Å²) in [5.41, 5.74) is 3.58. The molecule has 0 heterocycles. The third-order valence-electron chi connectivity index (χ3n) is 4.20. The molecule has 0 saturated carbocycles. The van der Waals surface area contributed by atoms with Gasteiger partial charge in [-0.05, 0) is 72.3 Å². The molecule has 0 aliphatic heterocycles. The van der Waals surface area contributed by atoms with Crippen LogP contribution in [-0.4, -0.2) is 32.3 Å². The van der Waals surface area contributed by atoms with E-state index in [1.807, 2.05) is 0 Å². The maximum Gasteiger partial charge on any atom is 0.343 e. The van der Waals surface area contributed by atoms with Crippen LogP contribution in [0.1, 0.15) is 26.3 Å². The quantitative estimate of drug-likeness (QED) is 0.271. The predicted octanol–water partition coefficient (Wildman–Crippen LogP) is 3.83. The number of carbonyl (C=O) groups is 2. The Bertz CT molecular complexity index is 1100. The molecule has 7 nitrogen and oxygen atoms in total. The van der Waals surface area contributed by atoms with Gasteiger partial charge in [0.15, 0.2) is 11.5 Å². The van der Waals surface area contributed by atoms with Crippen LogP contribution in [-0.2, 0) is 0 Å². The molecule has 1 N–H and O–H groups in total. The van der Waals surface area contributed by atoms with Crippen LogP contribution in [0.25, 0.3) is 0 Å². The van der Waals surface area contributed by atoms with Crippen LogP contribution in [0.4, 0.5) is 4.39 Å². The van der Waals surface area contributed by atoms with Crippen molar-refractivity contribution in [3.63, 3.8) is 0 Å². The van der Waals surface area contributed by atoms with Gasteiger partial charge in [-0.1, -0.05) is 0 Å². The number of esters is 1. The van der Waals surface area contributed by atoms with Gasteiger partial charge < -0.3 is 14.2 Å². The third-order valence-corrected chi connectivity index (χ3v) is 4.20. The van der Waals surface area contributed by atoms with Crippen molar-refractivity contribution in [2.75, 3.05) is 14.2 Å². The molecule has 0 bridgehead atoms. The summed E-state index contributed by atoms with van der Waals surface area (Å²) in [7, 11) is 2.98. The van der Waals surface area contributed by atoms with Gasteiger partial charge in [-0.2, -0.15) is 5.10 Å². The molecule has 3 aromatic rings. The highest BCUT2D eigenvalue weighted by atomic mass is 19.1. The number of hydrazone groups is 1. The Morgan fingerprint density at radius 1 is 0.871 bits per heavy atom. The summed E-state index contributed by atoms with van der Waals surface area (Å²) in [6.45, 7) is 0. The molecule has 0 atom stereocenters. The minimum absolute atomic E-state index is 0.232. The molecule has 0 aliphatic rings. The van der Waals surface area contributed by atoms with Gasteiger partial charge in [0.2, 0.25) is 0 Å². The number of methoxy groups -OCH3 is 2. The summed E-state index contributed by atoms with van der Waals surface area (Å²) in [5, 5.41) is 3.88. The number of halogens is 1. The van der Waals surface area contributed by atoms with E-state index in [-0.39, 0.29) is 11.3 Å². The molecule has 0 saturated heterocycles. The molecule has 0 aliphatic carbocycles. The van der Waals surface area contributed by atoms with E-state index in [9.17, 15) is 14.0 Å². The third kappa shape index (κ3) is 5.66. The number of nitrogens with one attached hydrogen (secondary N) is 1. The van der Waals surface area contributed by atoms with Gasteiger partial charge >= 0.3 is 5.97 Å². The molecule has 8 heteroatoms. The van der Waals surface area contributed by atoms with Gasteiger partial charge in [0.1, 0.15) is 11.6 Å². The largest absolute Gasteiger partial charge is 0.497 e. The van der Waals surface area contributed by atoms with Gasteiger partial charge in [0.25, 0.3) is 5.91 Å². The first-order valence-electron chi connectivity index (χ1n) is 9.13. The second-order valence-corrected chi connectivity index (χ2v) is 6.23. The van der Waals surface area contributed by atoms with Crippen LogP contribution < -0.4 is 19.6 Å². The highest BCUT2D eigenvalue weighted by Gasteiger charge is 2.13.